The van der Waals surface area contributed by atoms with Gasteiger partial charge in [0.05, 0.1) is 4.88 Å². The number of amides is 1. The Balaban J connectivity index is 2.71. The van der Waals surface area contributed by atoms with Crippen LogP contribution in [0.25, 0.3) is 0 Å². The Morgan fingerprint density at radius 3 is 2.53 bits per heavy atom. The van der Waals surface area contributed by atoms with Gasteiger partial charge in [-0.25, -0.2) is 0 Å². The van der Waals surface area contributed by atoms with E-state index in [-0.39, 0.29) is 17.4 Å². The van der Waals surface area contributed by atoms with E-state index in [0.717, 1.165) is 11.3 Å². The molecule has 0 aromatic carbocycles. The van der Waals surface area contributed by atoms with Crippen molar-refractivity contribution in [1.82, 2.24) is 5.32 Å². The van der Waals surface area contributed by atoms with Crippen LogP contribution >= 0.6 is 11.3 Å². The van der Waals surface area contributed by atoms with Gasteiger partial charge in [0.2, 0.25) is 0 Å². The quantitative estimate of drug-likeness (QED) is 0.867. The fourth-order valence-electron chi connectivity index (χ4n) is 1.55. The molecule has 17 heavy (non-hydrogen) atoms. The average molecular weight is 254 g/mol. The number of nitrogens with two attached hydrogens (primary N) is 1. The molecule has 0 aliphatic heterocycles. The van der Waals surface area contributed by atoms with Crippen LogP contribution in [0.4, 0.5) is 0 Å². The van der Waals surface area contributed by atoms with E-state index in [1.165, 1.54) is 4.88 Å². The second kappa shape index (κ2) is 5.65. The number of carbonyl (C=O) groups excluding carboxylic acids is 1. The molecule has 1 unspecified atom stereocenters. The zero-order valence-electron chi connectivity index (χ0n) is 11.0. The van der Waals surface area contributed by atoms with E-state index in [0.29, 0.717) is 6.54 Å². The summed E-state index contributed by atoms with van der Waals surface area (Å²) in [6.07, 6.45) is 0.970. The monoisotopic (exact) mass is 254 g/mol. The maximum absolute atomic E-state index is 12.0. The molecule has 96 valence electrons. The predicted molar refractivity (Wildman–Crippen MR) is 73.5 cm³/mol. The van der Waals surface area contributed by atoms with Crippen LogP contribution in [0.2, 0.25) is 0 Å². The molecule has 0 saturated carbocycles. The maximum atomic E-state index is 12.0. The molecule has 1 aromatic heterocycles. The fraction of sp³-hybridized carbons (Fsp3) is 0.615. The first-order valence-electron chi connectivity index (χ1n) is 5.98. The van der Waals surface area contributed by atoms with Crippen molar-refractivity contribution < 1.29 is 4.79 Å². The molecule has 4 heteroatoms. The molecule has 1 rings (SSSR count). The standard InChI is InChI=1S/C13H22N2OS/c1-5-9-6-7-10(17-9)12(16)15-11(8-14)13(2,3)4/h6-7,11H,5,8,14H2,1-4H3,(H,15,16). The van der Waals surface area contributed by atoms with Gasteiger partial charge in [-0.15, -0.1) is 11.3 Å². The second-order valence-corrected chi connectivity index (χ2v) is 6.42. The highest BCUT2D eigenvalue weighted by molar-refractivity contribution is 7.14. The Labute approximate surface area is 107 Å². The molecule has 1 amide bonds. The summed E-state index contributed by atoms with van der Waals surface area (Å²) in [5.41, 5.74) is 5.69. The zero-order chi connectivity index (χ0) is 13.1. The van der Waals surface area contributed by atoms with Crippen molar-refractivity contribution in [2.24, 2.45) is 11.1 Å². The highest BCUT2D eigenvalue weighted by Crippen LogP contribution is 2.21. The Hall–Kier alpha value is -0.870. The molecular formula is C13H22N2OS. The zero-order valence-corrected chi connectivity index (χ0v) is 11.9. The highest BCUT2D eigenvalue weighted by atomic mass is 32.1. The molecule has 0 saturated heterocycles. The first-order valence-corrected chi connectivity index (χ1v) is 6.79. The van der Waals surface area contributed by atoms with Crippen LogP contribution in [0.1, 0.15) is 42.2 Å². The van der Waals surface area contributed by atoms with E-state index < -0.39 is 0 Å². The van der Waals surface area contributed by atoms with Gasteiger partial charge in [-0.3, -0.25) is 4.79 Å². The topological polar surface area (TPSA) is 55.1 Å². The summed E-state index contributed by atoms with van der Waals surface area (Å²) in [7, 11) is 0. The van der Waals surface area contributed by atoms with E-state index >= 15 is 0 Å². The van der Waals surface area contributed by atoms with Crippen LogP contribution in [0, 0.1) is 5.41 Å². The SMILES string of the molecule is CCc1ccc(C(=O)NC(CN)C(C)(C)C)s1. The van der Waals surface area contributed by atoms with Gasteiger partial charge in [-0.2, -0.15) is 0 Å². The fourth-order valence-corrected chi connectivity index (χ4v) is 2.40. The molecule has 3 N–H and O–H groups in total. The van der Waals surface area contributed by atoms with Gasteiger partial charge in [-0.1, -0.05) is 27.7 Å². The predicted octanol–water partition coefficient (Wildman–Crippen LogP) is 2.41. The van der Waals surface area contributed by atoms with Gasteiger partial charge in [0.1, 0.15) is 0 Å². The molecule has 0 fully saturated rings. The van der Waals surface area contributed by atoms with Gasteiger partial charge >= 0.3 is 0 Å². The Morgan fingerprint density at radius 1 is 1.47 bits per heavy atom. The number of hydrogen-bond acceptors (Lipinski definition) is 3. The third-order valence-electron chi connectivity index (χ3n) is 2.82. The number of rotatable bonds is 4. The summed E-state index contributed by atoms with van der Waals surface area (Å²) in [5.74, 6) is -0.0138. The second-order valence-electron chi connectivity index (χ2n) is 5.25. The molecule has 1 aromatic rings. The lowest BCUT2D eigenvalue weighted by molar-refractivity contribution is 0.0909. The summed E-state index contributed by atoms with van der Waals surface area (Å²) in [5, 5.41) is 3.01. The summed E-state index contributed by atoms with van der Waals surface area (Å²) in [4.78, 5) is 14.0. The van der Waals surface area contributed by atoms with Crippen LogP contribution < -0.4 is 11.1 Å². The summed E-state index contributed by atoms with van der Waals surface area (Å²) in [6.45, 7) is 8.79. The Kier molecular flexibility index (Phi) is 4.71. The van der Waals surface area contributed by atoms with E-state index in [1.807, 2.05) is 12.1 Å². The van der Waals surface area contributed by atoms with E-state index in [9.17, 15) is 4.79 Å². The van der Waals surface area contributed by atoms with Gasteiger partial charge in [0, 0.05) is 17.5 Å². The minimum atomic E-state index is -0.0186. The molecule has 0 spiro atoms. The summed E-state index contributed by atoms with van der Waals surface area (Å²) in [6, 6.07) is 3.89. The van der Waals surface area contributed by atoms with E-state index in [4.69, 9.17) is 5.73 Å². The van der Waals surface area contributed by atoms with Crippen molar-refractivity contribution in [3.63, 3.8) is 0 Å². The molecule has 0 aliphatic carbocycles. The van der Waals surface area contributed by atoms with Crippen LogP contribution in [0.3, 0.4) is 0 Å². The van der Waals surface area contributed by atoms with Crippen LogP contribution in [-0.2, 0) is 6.42 Å². The molecule has 1 heterocycles. The lowest BCUT2D eigenvalue weighted by atomic mass is 9.87. The maximum Gasteiger partial charge on any atom is 0.261 e. The number of aryl methyl sites for hydroxylation is 1. The first kappa shape index (κ1) is 14.2. The Morgan fingerprint density at radius 2 is 2.12 bits per heavy atom. The molecule has 3 nitrogen and oxygen atoms in total. The van der Waals surface area contributed by atoms with Crippen molar-refractivity contribution >= 4 is 17.2 Å². The van der Waals surface area contributed by atoms with Gasteiger partial charge in [0.15, 0.2) is 0 Å². The third-order valence-corrected chi connectivity index (χ3v) is 4.05. The molecule has 0 radical (unpaired) electrons. The van der Waals surface area contributed by atoms with Crippen molar-refractivity contribution in [2.75, 3.05) is 6.54 Å². The van der Waals surface area contributed by atoms with E-state index in [1.54, 1.807) is 11.3 Å². The lowest BCUT2D eigenvalue weighted by Crippen LogP contribution is -2.48. The summed E-state index contributed by atoms with van der Waals surface area (Å²) < 4.78 is 0. The average Bonchev–Trinajstić information content (AvgIpc) is 2.72. The van der Waals surface area contributed by atoms with Gasteiger partial charge in [0.25, 0.3) is 5.91 Å². The minimum Gasteiger partial charge on any atom is -0.347 e. The number of nitrogens with one attached hydrogen (secondary N) is 1. The van der Waals surface area contributed by atoms with Gasteiger partial charge in [-0.05, 0) is 24.0 Å². The highest BCUT2D eigenvalue weighted by Gasteiger charge is 2.25. The van der Waals surface area contributed by atoms with Crippen molar-refractivity contribution in [1.29, 1.82) is 0 Å². The van der Waals surface area contributed by atoms with Crippen LogP contribution in [0.5, 0.6) is 0 Å². The van der Waals surface area contributed by atoms with E-state index in [2.05, 4.69) is 33.0 Å². The van der Waals surface area contributed by atoms with Crippen LogP contribution in [-0.4, -0.2) is 18.5 Å². The van der Waals surface area contributed by atoms with Gasteiger partial charge < -0.3 is 11.1 Å². The molecule has 1 atom stereocenters. The smallest absolute Gasteiger partial charge is 0.261 e. The van der Waals surface area contributed by atoms with Crippen LogP contribution in [0.15, 0.2) is 12.1 Å². The minimum absolute atomic E-state index is 0.00202. The normalized spacial score (nSPS) is 13.5. The van der Waals surface area contributed by atoms with Crippen molar-refractivity contribution in [2.45, 2.75) is 40.2 Å². The molecule has 0 aliphatic rings. The Bertz CT molecular complexity index is 379. The van der Waals surface area contributed by atoms with Crippen molar-refractivity contribution in [3.05, 3.63) is 21.9 Å². The largest absolute Gasteiger partial charge is 0.347 e. The van der Waals surface area contributed by atoms with Crippen molar-refractivity contribution in [3.8, 4) is 0 Å². The number of carbonyl (C=O) groups is 1. The lowest BCUT2D eigenvalue weighted by Gasteiger charge is -2.30. The number of hydrogen-bond donors (Lipinski definition) is 2. The third kappa shape index (κ3) is 3.82. The first-order chi connectivity index (χ1) is 7.88. The number of thiophene rings is 1. The molecule has 0 bridgehead atoms. The molecular weight excluding hydrogens is 232 g/mol. The summed E-state index contributed by atoms with van der Waals surface area (Å²) >= 11 is 1.55.